The molecule has 2 N–H and O–H groups in total. The summed E-state index contributed by atoms with van der Waals surface area (Å²) in [6.07, 6.45) is 0. The van der Waals surface area contributed by atoms with Gasteiger partial charge in [-0.15, -0.1) is 0 Å². The number of hydrogen-bond acceptors (Lipinski definition) is 2. The van der Waals surface area contributed by atoms with E-state index in [4.69, 9.17) is 9.30 Å². The van der Waals surface area contributed by atoms with Crippen molar-refractivity contribution < 1.29 is 17.9 Å². The van der Waals surface area contributed by atoms with E-state index in [0.717, 1.165) is 0 Å². The maximum absolute atomic E-state index is 9.97. The molecule has 0 radical (unpaired) electrons. The van der Waals surface area contributed by atoms with Crippen LogP contribution in [0.4, 0.5) is 0 Å². The van der Waals surface area contributed by atoms with Gasteiger partial charge in [0.15, 0.2) is 0 Å². The largest absolute Gasteiger partial charge is 2.00 e. The fourth-order valence-corrected chi connectivity index (χ4v) is 0.448. The normalized spacial score (nSPS) is 15.3. The number of carbonyl (C=O) groups is 1. The van der Waals surface area contributed by atoms with Crippen LogP contribution in [0.5, 0.6) is 0 Å². The molecule has 4 nitrogen and oxygen atoms in total. The molecule has 0 aromatic rings. The second kappa shape index (κ2) is 6.06. The van der Waals surface area contributed by atoms with E-state index >= 15 is 0 Å². The zero-order valence-electron chi connectivity index (χ0n) is 4.90. The molecular weight excluding hydrogens is 316 g/mol. The van der Waals surface area contributed by atoms with Gasteiger partial charge in [0.25, 0.3) is 0 Å². The number of carboxylic acids is 1. The van der Waals surface area contributed by atoms with Crippen molar-refractivity contribution in [3.63, 3.8) is 0 Å². The fraction of sp³-hybridized carbons (Fsp3) is 0.667. The molecule has 0 rings (SSSR count). The van der Waals surface area contributed by atoms with Crippen LogP contribution in [0, 0.1) is 0 Å². The Morgan fingerprint density at radius 2 is 2.00 bits per heavy atom. The van der Waals surface area contributed by atoms with E-state index in [0.29, 0.717) is 0 Å². The van der Waals surface area contributed by atoms with Crippen LogP contribution in [0.25, 0.3) is 0 Å². The quantitative estimate of drug-likeness (QED) is 0.639. The molecule has 0 saturated carbocycles. The summed E-state index contributed by atoms with van der Waals surface area (Å²) in [6.45, 7) is 1.21. The topological polar surface area (TPSA) is 74.6 Å². The van der Waals surface area contributed by atoms with E-state index in [2.05, 4.69) is 0 Å². The summed E-state index contributed by atoms with van der Waals surface area (Å²) in [5.41, 5.74) is 0. The van der Waals surface area contributed by atoms with Gasteiger partial charge in [-0.05, 0) is 0 Å². The van der Waals surface area contributed by atoms with E-state index in [1.165, 1.54) is 6.92 Å². The molecule has 6 heteroatoms. The Bertz CT molecular complexity index is 111. The first-order valence-electron chi connectivity index (χ1n) is 1.88. The third-order valence-electron chi connectivity index (χ3n) is 0.650. The predicted molar refractivity (Wildman–Crippen MR) is 31.5 cm³/mol. The maximum Gasteiger partial charge on any atom is 2.00 e. The maximum atomic E-state index is 9.97. The van der Waals surface area contributed by atoms with Gasteiger partial charge in [0, 0.05) is 0 Å². The molecule has 0 spiro atoms. The van der Waals surface area contributed by atoms with Crippen LogP contribution < -0.4 is 0 Å². The van der Waals surface area contributed by atoms with Gasteiger partial charge in [-0.2, -0.15) is 0 Å². The second-order valence-electron chi connectivity index (χ2n) is 1.26. The molecule has 0 aromatic heterocycles. The van der Waals surface area contributed by atoms with Crippen molar-refractivity contribution in [2.24, 2.45) is 0 Å². The van der Waals surface area contributed by atoms with Gasteiger partial charge in [0.05, 0.1) is 0 Å². The Balaban J connectivity index is 0. The molecule has 0 amide bonds. The van der Waals surface area contributed by atoms with Crippen molar-refractivity contribution in [2.75, 3.05) is 0 Å². The average Bonchev–Trinajstić information content (AvgIpc) is 1.64. The number of hydrogen-bond donors (Lipinski definition) is 2. The smallest absolute Gasteiger partial charge is 2.00 e. The summed E-state index contributed by atoms with van der Waals surface area (Å²) < 4.78 is 18.1. The summed E-state index contributed by atoms with van der Waals surface area (Å²) in [5, 5.41) is 8.02. The zero-order valence-corrected chi connectivity index (χ0v) is 11.1. The van der Waals surface area contributed by atoms with Crippen LogP contribution in [0.2, 0.25) is 4.82 Å². The van der Waals surface area contributed by atoms with Gasteiger partial charge in [-0.3, -0.25) is 0 Å². The molecule has 0 aliphatic carbocycles. The molecule has 0 heterocycles. The van der Waals surface area contributed by atoms with Crippen molar-refractivity contribution in [2.45, 2.75) is 11.7 Å². The summed E-state index contributed by atoms with van der Waals surface area (Å²) in [7, 11) is 0. The molecule has 0 bridgehead atoms. The number of rotatable bonds is 2. The van der Waals surface area contributed by atoms with E-state index in [1.807, 2.05) is 0 Å². The molecule has 0 fully saturated rings. The van der Waals surface area contributed by atoms with E-state index in [-0.39, 0.29) is 48.9 Å². The Morgan fingerprint density at radius 3 is 2.00 bits per heavy atom. The third-order valence-corrected chi connectivity index (χ3v) is 2.34. The number of carboxylic acid groups (broad SMARTS) is 1. The van der Waals surface area contributed by atoms with E-state index in [9.17, 15) is 8.63 Å². The minimum atomic E-state index is -3.06. The minimum absolute atomic E-state index is 0. The molecule has 0 saturated heterocycles. The second-order valence-corrected chi connectivity index (χ2v) is 3.90. The van der Waals surface area contributed by atoms with Crippen molar-refractivity contribution in [1.29, 1.82) is 0 Å². The van der Waals surface area contributed by atoms with Gasteiger partial charge in [-0.1, -0.05) is 0 Å². The van der Waals surface area contributed by atoms with Gasteiger partial charge in [-0.25, -0.2) is 0 Å². The number of aliphatic carboxylic acids is 1. The van der Waals surface area contributed by atoms with Crippen molar-refractivity contribution in [1.82, 2.24) is 0 Å². The summed E-state index contributed by atoms with van der Waals surface area (Å²) in [4.78, 5) is 8.72. The van der Waals surface area contributed by atoms with Gasteiger partial charge < -0.3 is 0 Å². The monoisotopic (exact) mass is 324 g/mol. The third kappa shape index (κ3) is 5.75. The van der Waals surface area contributed by atoms with Crippen molar-refractivity contribution >= 4 is 69.0 Å². The standard InChI is InChI=1S/C3H6O4Se.Ba/c1-2(3(4)5)8(6)7;/h2H,1H3,(H,4,5)(H,6,7);/q;+2. The first-order chi connectivity index (χ1) is 3.55. The molecule has 48 valence electrons. The van der Waals surface area contributed by atoms with Crippen LogP contribution in [-0.4, -0.2) is 78.3 Å². The van der Waals surface area contributed by atoms with E-state index in [1.54, 1.807) is 0 Å². The first kappa shape index (κ1) is 13.0. The first-order valence-corrected chi connectivity index (χ1v) is 4.33. The summed E-state index contributed by atoms with van der Waals surface area (Å²) >= 11 is -3.06. The van der Waals surface area contributed by atoms with Crippen molar-refractivity contribution in [3.8, 4) is 0 Å². The van der Waals surface area contributed by atoms with Crippen LogP contribution >= 0.6 is 0 Å². The molecule has 0 aromatic carbocycles. The van der Waals surface area contributed by atoms with Gasteiger partial charge >= 0.3 is 98.7 Å². The van der Waals surface area contributed by atoms with Crippen LogP contribution in [0.1, 0.15) is 6.92 Å². The Hall–Kier alpha value is 1.32. The van der Waals surface area contributed by atoms with Crippen molar-refractivity contribution in [3.05, 3.63) is 0 Å². The Morgan fingerprint density at radius 1 is 1.67 bits per heavy atom. The molecule has 0 aliphatic heterocycles. The fourth-order valence-electron chi connectivity index (χ4n) is 0.0862. The molecule has 2 unspecified atom stereocenters. The zero-order chi connectivity index (χ0) is 6.73. The average molecular weight is 322 g/mol. The predicted octanol–water partition coefficient (Wildman–Crippen LogP) is -1.01. The van der Waals surface area contributed by atoms with E-state index < -0.39 is 24.9 Å². The molecule has 0 aliphatic rings. The Kier molecular flexibility index (Phi) is 8.72. The van der Waals surface area contributed by atoms with Crippen LogP contribution in [0.15, 0.2) is 0 Å². The summed E-state index contributed by atoms with van der Waals surface area (Å²) in [5.74, 6) is -1.22. The molecule has 9 heavy (non-hydrogen) atoms. The van der Waals surface area contributed by atoms with Crippen LogP contribution in [0.3, 0.4) is 0 Å². The van der Waals surface area contributed by atoms with Crippen LogP contribution in [-0.2, 0) is 8.63 Å². The van der Waals surface area contributed by atoms with Gasteiger partial charge in [0.1, 0.15) is 0 Å². The minimum Gasteiger partial charge on any atom is 2.00 e. The summed E-state index contributed by atoms with van der Waals surface area (Å²) in [6, 6.07) is 0. The Labute approximate surface area is 97.1 Å². The molecular formula is C3H6BaO4Se+2. The molecule has 2 atom stereocenters. The SMILES string of the molecule is CC(C(=O)O)[Se](=O)O.[Ba+2]. The van der Waals surface area contributed by atoms with Gasteiger partial charge in [0.2, 0.25) is 0 Å².